The van der Waals surface area contributed by atoms with Crippen molar-refractivity contribution in [3.05, 3.63) is 23.7 Å². The van der Waals surface area contributed by atoms with E-state index in [1.807, 2.05) is 13.8 Å². The highest BCUT2D eigenvalue weighted by Gasteiger charge is 2.19. The lowest BCUT2D eigenvalue weighted by Crippen LogP contribution is -2.17. The van der Waals surface area contributed by atoms with Crippen LogP contribution in [0.2, 0.25) is 0 Å². The van der Waals surface area contributed by atoms with Gasteiger partial charge in [0.1, 0.15) is 6.10 Å². The summed E-state index contributed by atoms with van der Waals surface area (Å²) in [6.45, 7) is 4.04. The molecule has 0 radical (unpaired) electrons. The lowest BCUT2D eigenvalue weighted by Gasteiger charge is -2.15. The molecule has 18 heavy (non-hydrogen) atoms. The largest absolute Gasteiger partial charge is 0.475 e. The van der Waals surface area contributed by atoms with E-state index in [1.54, 1.807) is 0 Å². The van der Waals surface area contributed by atoms with Crippen LogP contribution < -0.4 is 0 Å². The third kappa shape index (κ3) is 3.91. The Bertz CT molecular complexity index is 401. The molecule has 0 saturated carbocycles. The van der Waals surface area contributed by atoms with Crippen LogP contribution in [0.5, 0.6) is 0 Å². The van der Waals surface area contributed by atoms with Gasteiger partial charge in [0.05, 0.1) is 0 Å². The van der Waals surface area contributed by atoms with Crippen molar-refractivity contribution in [2.75, 3.05) is 0 Å². The van der Waals surface area contributed by atoms with E-state index in [1.165, 1.54) is 12.1 Å². The minimum Gasteiger partial charge on any atom is -0.475 e. The molecule has 1 aromatic rings. The summed E-state index contributed by atoms with van der Waals surface area (Å²) in [5.74, 6) is -2.13. The van der Waals surface area contributed by atoms with Gasteiger partial charge in [0.2, 0.25) is 11.5 Å². The third-order valence-corrected chi connectivity index (χ3v) is 2.51. The maximum atomic E-state index is 11.7. The average Bonchev–Trinajstić information content (AvgIpc) is 2.79. The summed E-state index contributed by atoms with van der Waals surface area (Å²) < 4.78 is 10.2. The number of hydrogen-bond acceptors (Lipinski definition) is 4. The molecule has 0 spiro atoms. The molecule has 0 aromatic carbocycles. The van der Waals surface area contributed by atoms with Crippen LogP contribution in [0.1, 0.15) is 60.6 Å². The molecule has 5 nitrogen and oxygen atoms in total. The van der Waals surface area contributed by atoms with E-state index in [0.717, 1.165) is 25.7 Å². The molecule has 5 heteroatoms. The highest BCUT2D eigenvalue weighted by molar-refractivity contribution is 5.90. The number of esters is 1. The number of rotatable bonds is 7. The number of ether oxygens (including phenoxy) is 1. The van der Waals surface area contributed by atoms with Gasteiger partial charge in [0.25, 0.3) is 0 Å². The number of aromatic carboxylic acids is 1. The highest BCUT2D eigenvalue weighted by Crippen LogP contribution is 2.14. The maximum absolute atomic E-state index is 11.7. The molecule has 1 N–H and O–H groups in total. The van der Waals surface area contributed by atoms with Gasteiger partial charge in [-0.2, -0.15) is 0 Å². The summed E-state index contributed by atoms with van der Waals surface area (Å²) in [4.78, 5) is 22.3. The number of carbonyl (C=O) groups is 2. The molecule has 1 rings (SSSR count). The first-order valence-corrected chi connectivity index (χ1v) is 6.12. The Morgan fingerprint density at radius 2 is 1.78 bits per heavy atom. The number of carboxylic acids is 1. The van der Waals surface area contributed by atoms with Crippen LogP contribution >= 0.6 is 0 Å². The Morgan fingerprint density at radius 3 is 2.22 bits per heavy atom. The van der Waals surface area contributed by atoms with Crippen LogP contribution in [0.4, 0.5) is 0 Å². The smallest absolute Gasteiger partial charge is 0.374 e. The maximum Gasteiger partial charge on any atom is 0.374 e. The minimum atomic E-state index is -1.20. The van der Waals surface area contributed by atoms with Gasteiger partial charge >= 0.3 is 11.9 Å². The van der Waals surface area contributed by atoms with Crippen LogP contribution in [0.25, 0.3) is 0 Å². The zero-order valence-electron chi connectivity index (χ0n) is 10.6. The molecule has 100 valence electrons. The van der Waals surface area contributed by atoms with Crippen LogP contribution in [-0.2, 0) is 4.74 Å². The minimum absolute atomic E-state index is 0.0652. The Morgan fingerprint density at radius 1 is 1.22 bits per heavy atom. The fraction of sp³-hybridized carbons (Fsp3) is 0.538. The predicted octanol–water partition coefficient (Wildman–Crippen LogP) is 3.10. The van der Waals surface area contributed by atoms with E-state index < -0.39 is 11.9 Å². The zero-order valence-corrected chi connectivity index (χ0v) is 10.6. The molecule has 0 bridgehead atoms. The van der Waals surface area contributed by atoms with E-state index in [-0.39, 0.29) is 17.6 Å². The Hall–Kier alpha value is -1.78. The van der Waals surface area contributed by atoms with Crippen molar-refractivity contribution in [3.8, 4) is 0 Å². The van der Waals surface area contributed by atoms with Gasteiger partial charge in [-0.1, -0.05) is 26.7 Å². The fourth-order valence-electron chi connectivity index (χ4n) is 1.68. The Labute approximate surface area is 106 Å². The summed E-state index contributed by atoms with van der Waals surface area (Å²) in [6.07, 6.45) is 3.32. The lowest BCUT2D eigenvalue weighted by molar-refractivity contribution is 0.0221. The average molecular weight is 254 g/mol. The lowest BCUT2D eigenvalue weighted by atomic mass is 10.1. The SMILES string of the molecule is CCCC(CCC)OC(=O)c1ccc(C(=O)O)o1. The Kier molecular flexibility index (Phi) is 5.42. The van der Waals surface area contributed by atoms with E-state index in [9.17, 15) is 9.59 Å². The number of carbonyl (C=O) groups excluding carboxylic acids is 1. The van der Waals surface area contributed by atoms with Crippen molar-refractivity contribution >= 4 is 11.9 Å². The van der Waals surface area contributed by atoms with Crippen molar-refractivity contribution in [2.45, 2.75) is 45.6 Å². The molecule has 1 heterocycles. The summed E-state index contributed by atoms with van der Waals surface area (Å²) in [7, 11) is 0. The molecule has 0 unspecified atom stereocenters. The first-order chi connectivity index (χ1) is 8.58. The second-order valence-electron chi connectivity index (χ2n) is 4.07. The van der Waals surface area contributed by atoms with E-state index in [2.05, 4.69) is 0 Å². The monoisotopic (exact) mass is 254 g/mol. The number of furan rings is 1. The summed E-state index contributed by atoms with van der Waals surface area (Å²) in [5, 5.41) is 8.68. The van der Waals surface area contributed by atoms with Gasteiger partial charge in [-0.25, -0.2) is 9.59 Å². The van der Waals surface area contributed by atoms with Gasteiger partial charge in [-0.15, -0.1) is 0 Å². The molecular formula is C13H18O5. The highest BCUT2D eigenvalue weighted by atomic mass is 16.6. The molecule has 0 amide bonds. The van der Waals surface area contributed by atoms with Crippen LogP contribution in [0.3, 0.4) is 0 Å². The van der Waals surface area contributed by atoms with Gasteiger partial charge < -0.3 is 14.3 Å². The quantitative estimate of drug-likeness (QED) is 0.756. The van der Waals surface area contributed by atoms with Crippen molar-refractivity contribution in [3.63, 3.8) is 0 Å². The van der Waals surface area contributed by atoms with Crippen LogP contribution in [-0.4, -0.2) is 23.1 Å². The topological polar surface area (TPSA) is 76.7 Å². The number of hydrogen-bond donors (Lipinski definition) is 1. The van der Waals surface area contributed by atoms with Crippen molar-refractivity contribution in [1.82, 2.24) is 0 Å². The number of carboxylic acid groups (broad SMARTS) is 1. The van der Waals surface area contributed by atoms with Crippen molar-refractivity contribution in [2.24, 2.45) is 0 Å². The summed E-state index contributed by atoms with van der Waals surface area (Å²) >= 11 is 0. The zero-order chi connectivity index (χ0) is 13.5. The molecule has 0 aliphatic carbocycles. The molecule has 0 saturated heterocycles. The summed E-state index contributed by atoms with van der Waals surface area (Å²) in [5.41, 5.74) is 0. The second-order valence-corrected chi connectivity index (χ2v) is 4.07. The van der Waals surface area contributed by atoms with E-state index in [0.29, 0.717) is 0 Å². The second kappa shape index (κ2) is 6.83. The van der Waals surface area contributed by atoms with Gasteiger partial charge in [0.15, 0.2) is 0 Å². The third-order valence-electron chi connectivity index (χ3n) is 2.51. The van der Waals surface area contributed by atoms with Gasteiger partial charge in [-0.05, 0) is 25.0 Å². The van der Waals surface area contributed by atoms with Crippen molar-refractivity contribution in [1.29, 1.82) is 0 Å². The van der Waals surface area contributed by atoms with Crippen molar-refractivity contribution < 1.29 is 23.8 Å². The standard InChI is InChI=1S/C13H18O5/c1-3-5-9(6-4-2)17-13(16)11-8-7-10(18-11)12(14)15/h7-9H,3-6H2,1-2H3,(H,14,15). The normalized spacial score (nSPS) is 10.6. The molecule has 0 aliphatic rings. The molecule has 0 fully saturated rings. The van der Waals surface area contributed by atoms with E-state index in [4.69, 9.17) is 14.3 Å². The molecular weight excluding hydrogens is 236 g/mol. The molecule has 0 aliphatic heterocycles. The predicted molar refractivity (Wildman–Crippen MR) is 64.7 cm³/mol. The molecule has 1 aromatic heterocycles. The van der Waals surface area contributed by atoms with Gasteiger partial charge in [0, 0.05) is 0 Å². The van der Waals surface area contributed by atoms with Crippen LogP contribution in [0, 0.1) is 0 Å². The van der Waals surface area contributed by atoms with Crippen LogP contribution in [0.15, 0.2) is 16.5 Å². The first kappa shape index (κ1) is 14.3. The summed E-state index contributed by atoms with van der Waals surface area (Å²) in [6, 6.07) is 2.56. The van der Waals surface area contributed by atoms with Gasteiger partial charge in [-0.3, -0.25) is 0 Å². The van der Waals surface area contributed by atoms with E-state index >= 15 is 0 Å². The first-order valence-electron chi connectivity index (χ1n) is 6.12. The molecule has 0 atom stereocenters. The Balaban J connectivity index is 2.64. The fourth-order valence-corrected chi connectivity index (χ4v) is 1.68.